The third-order valence-corrected chi connectivity index (χ3v) is 5.54. The number of hydrogen-bond acceptors (Lipinski definition) is 6. The van der Waals surface area contributed by atoms with Gasteiger partial charge in [-0.15, -0.1) is 11.8 Å². The molecule has 0 unspecified atom stereocenters. The fourth-order valence-electron chi connectivity index (χ4n) is 3.14. The van der Waals surface area contributed by atoms with E-state index in [2.05, 4.69) is 22.0 Å². The van der Waals surface area contributed by atoms with Gasteiger partial charge in [-0.3, -0.25) is 15.1 Å². The summed E-state index contributed by atoms with van der Waals surface area (Å²) in [4.78, 5) is 21.9. The molecule has 27 heavy (non-hydrogen) atoms. The molecule has 1 aromatic heterocycles. The van der Waals surface area contributed by atoms with E-state index >= 15 is 0 Å². The first kappa shape index (κ1) is 17.5. The number of non-ortho nitro benzene ring substituents is 1. The van der Waals surface area contributed by atoms with Gasteiger partial charge in [-0.25, -0.2) is 4.98 Å². The monoisotopic (exact) mass is 378 g/mol. The van der Waals surface area contributed by atoms with Crippen LogP contribution in [0, 0.1) is 10.1 Å². The van der Waals surface area contributed by atoms with E-state index in [0.29, 0.717) is 6.54 Å². The maximum absolute atomic E-state index is 11.0. The normalized spacial score (nSPS) is 13.3. The van der Waals surface area contributed by atoms with Gasteiger partial charge in [0.2, 0.25) is 0 Å². The second kappa shape index (κ2) is 7.75. The van der Waals surface area contributed by atoms with Crippen molar-refractivity contribution in [3.63, 3.8) is 0 Å². The average Bonchev–Trinajstić information content (AvgIpc) is 2.72. The lowest BCUT2D eigenvalue weighted by atomic mass is 9.99. The Bertz CT molecular complexity index is 965. The van der Waals surface area contributed by atoms with Gasteiger partial charge in [0.25, 0.3) is 5.69 Å². The zero-order valence-electron chi connectivity index (χ0n) is 14.6. The molecule has 0 atom stereocenters. The smallest absolute Gasteiger partial charge is 0.269 e. The van der Waals surface area contributed by atoms with E-state index in [1.807, 2.05) is 24.3 Å². The predicted molar refractivity (Wildman–Crippen MR) is 106 cm³/mol. The van der Waals surface area contributed by atoms with Gasteiger partial charge in [0, 0.05) is 31.0 Å². The second-order valence-electron chi connectivity index (χ2n) is 6.37. The summed E-state index contributed by atoms with van der Waals surface area (Å²) in [5, 5.41) is 11.9. The Hall–Kier alpha value is -2.93. The van der Waals surface area contributed by atoms with Gasteiger partial charge in [0.1, 0.15) is 10.8 Å². The Morgan fingerprint density at radius 2 is 1.96 bits per heavy atom. The molecule has 1 aliphatic heterocycles. The lowest BCUT2D eigenvalue weighted by Crippen LogP contribution is -2.31. The van der Waals surface area contributed by atoms with Gasteiger partial charge >= 0.3 is 0 Å². The molecule has 0 amide bonds. The van der Waals surface area contributed by atoms with Crippen LogP contribution >= 0.6 is 11.8 Å². The SMILES string of the molecule is O=[N+]([O-])c1ccc2c(c1)CN(c1cncc(SCc3ccccc3)n1)CC2. The van der Waals surface area contributed by atoms with Gasteiger partial charge in [-0.05, 0) is 23.1 Å². The highest BCUT2D eigenvalue weighted by molar-refractivity contribution is 7.98. The summed E-state index contributed by atoms with van der Waals surface area (Å²) < 4.78 is 0. The van der Waals surface area contributed by atoms with Crippen molar-refractivity contribution in [2.75, 3.05) is 11.4 Å². The molecule has 2 heterocycles. The lowest BCUT2D eigenvalue weighted by molar-refractivity contribution is -0.384. The molecule has 0 radical (unpaired) electrons. The largest absolute Gasteiger partial charge is 0.351 e. The first-order chi connectivity index (χ1) is 13.2. The highest BCUT2D eigenvalue weighted by atomic mass is 32.2. The molecular weight excluding hydrogens is 360 g/mol. The predicted octanol–water partition coefficient (Wildman–Crippen LogP) is 4.24. The molecule has 0 saturated carbocycles. The molecule has 6 nitrogen and oxygen atoms in total. The van der Waals surface area contributed by atoms with Gasteiger partial charge in [0.05, 0.1) is 17.3 Å². The molecule has 2 aromatic carbocycles. The van der Waals surface area contributed by atoms with Crippen molar-refractivity contribution in [3.05, 3.63) is 87.7 Å². The molecule has 136 valence electrons. The van der Waals surface area contributed by atoms with Crippen LogP contribution in [0.1, 0.15) is 16.7 Å². The summed E-state index contributed by atoms with van der Waals surface area (Å²) in [5.74, 6) is 1.65. The minimum atomic E-state index is -0.347. The average molecular weight is 378 g/mol. The second-order valence-corrected chi connectivity index (χ2v) is 7.37. The molecule has 4 rings (SSSR count). The number of benzene rings is 2. The van der Waals surface area contributed by atoms with Crippen LogP contribution in [0.4, 0.5) is 11.5 Å². The van der Waals surface area contributed by atoms with Gasteiger partial charge in [-0.2, -0.15) is 0 Å². The summed E-state index contributed by atoms with van der Waals surface area (Å²) in [7, 11) is 0. The Labute approximate surface area is 161 Å². The molecule has 0 spiro atoms. The highest BCUT2D eigenvalue weighted by Gasteiger charge is 2.20. The summed E-state index contributed by atoms with van der Waals surface area (Å²) >= 11 is 1.65. The third kappa shape index (κ3) is 4.09. The first-order valence-electron chi connectivity index (χ1n) is 8.69. The lowest BCUT2D eigenvalue weighted by Gasteiger charge is -2.29. The van der Waals surface area contributed by atoms with Gasteiger partial charge < -0.3 is 4.90 Å². The van der Waals surface area contributed by atoms with Crippen LogP contribution < -0.4 is 4.90 Å². The topological polar surface area (TPSA) is 72.2 Å². The molecule has 0 N–H and O–H groups in total. The number of nitro benzene ring substituents is 1. The van der Waals surface area contributed by atoms with Crippen molar-refractivity contribution >= 4 is 23.3 Å². The van der Waals surface area contributed by atoms with Crippen LogP contribution in [0.5, 0.6) is 0 Å². The molecule has 0 fully saturated rings. The van der Waals surface area contributed by atoms with Crippen molar-refractivity contribution in [2.45, 2.75) is 23.7 Å². The van der Waals surface area contributed by atoms with E-state index in [1.54, 1.807) is 36.3 Å². The van der Waals surface area contributed by atoms with Crippen LogP contribution in [-0.2, 0) is 18.7 Å². The first-order valence-corrected chi connectivity index (χ1v) is 9.67. The quantitative estimate of drug-likeness (QED) is 0.376. The fraction of sp³-hybridized carbons (Fsp3) is 0.200. The van der Waals surface area contributed by atoms with Crippen LogP contribution in [0.3, 0.4) is 0 Å². The molecule has 0 aliphatic carbocycles. The minimum Gasteiger partial charge on any atom is -0.351 e. The van der Waals surface area contributed by atoms with Crippen molar-refractivity contribution in [1.82, 2.24) is 9.97 Å². The van der Waals surface area contributed by atoms with Crippen molar-refractivity contribution in [2.24, 2.45) is 0 Å². The number of hydrogen-bond donors (Lipinski definition) is 0. The number of nitrogens with zero attached hydrogens (tertiary/aromatic N) is 4. The molecule has 3 aromatic rings. The summed E-state index contributed by atoms with van der Waals surface area (Å²) in [6.45, 7) is 1.44. The number of aromatic nitrogens is 2. The fourth-order valence-corrected chi connectivity index (χ4v) is 3.94. The van der Waals surface area contributed by atoms with Gasteiger partial charge in [-0.1, -0.05) is 36.4 Å². The van der Waals surface area contributed by atoms with Gasteiger partial charge in [0.15, 0.2) is 0 Å². The van der Waals surface area contributed by atoms with Crippen LogP contribution in [-0.4, -0.2) is 21.4 Å². The molecule has 0 saturated heterocycles. The highest BCUT2D eigenvalue weighted by Crippen LogP contribution is 2.28. The molecule has 1 aliphatic rings. The summed E-state index contributed by atoms with van der Waals surface area (Å²) in [5.41, 5.74) is 3.53. The van der Waals surface area contributed by atoms with Crippen molar-refractivity contribution in [3.8, 4) is 0 Å². The summed E-state index contributed by atoms with van der Waals surface area (Å²) in [6, 6.07) is 15.4. The number of nitro groups is 1. The standard InChI is InChI=1S/C20H18N4O2S/c25-24(26)18-7-6-16-8-9-23(13-17(16)10-18)19-11-21-12-20(22-19)27-14-15-4-2-1-3-5-15/h1-7,10-12H,8-9,13-14H2. The van der Waals surface area contributed by atoms with E-state index in [4.69, 9.17) is 4.98 Å². The van der Waals surface area contributed by atoms with E-state index in [0.717, 1.165) is 35.1 Å². The molecular formula is C20H18N4O2S. The maximum atomic E-state index is 11.0. The van der Waals surface area contributed by atoms with E-state index in [-0.39, 0.29) is 10.6 Å². The number of fused-ring (bicyclic) bond motifs is 1. The van der Waals surface area contributed by atoms with Crippen LogP contribution in [0.2, 0.25) is 0 Å². The van der Waals surface area contributed by atoms with Crippen molar-refractivity contribution < 1.29 is 4.92 Å². The Morgan fingerprint density at radius 3 is 2.78 bits per heavy atom. The van der Waals surface area contributed by atoms with Crippen LogP contribution in [0.15, 0.2) is 66.0 Å². The number of rotatable bonds is 5. The third-order valence-electron chi connectivity index (χ3n) is 4.57. The van der Waals surface area contributed by atoms with E-state index in [9.17, 15) is 10.1 Å². The van der Waals surface area contributed by atoms with Crippen molar-refractivity contribution in [1.29, 1.82) is 0 Å². The van der Waals surface area contributed by atoms with E-state index in [1.165, 1.54) is 11.1 Å². The van der Waals surface area contributed by atoms with Crippen LogP contribution in [0.25, 0.3) is 0 Å². The number of anilines is 1. The number of thioether (sulfide) groups is 1. The zero-order valence-corrected chi connectivity index (χ0v) is 15.4. The molecule has 0 bridgehead atoms. The molecule has 7 heteroatoms. The Morgan fingerprint density at radius 1 is 1.11 bits per heavy atom. The Kier molecular flexibility index (Phi) is 5.02. The zero-order chi connectivity index (χ0) is 18.6. The Balaban J connectivity index is 1.49. The maximum Gasteiger partial charge on any atom is 0.269 e. The summed E-state index contributed by atoms with van der Waals surface area (Å²) in [6.07, 6.45) is 4.38. The minimum absolute atomic E-state index is 0.133. The van der Waals surface area contributed by atoms with E-state index < -0.39 is 0 Å².